The molecule has 5 nitrogen and oxygen atoms in total. The van der Waals surface area contributed by atoms with Gasteiger partial charge in [0.25, 0.3) is 0 Å². The minimum Gasteiger partial charge on any atom is -0.454 e. The fourth-order valence-corrected chi connectivity index (χ4v) is 1.53. The maximum atomic E-state index is 11.1. The molecule has 1 heterocycles. The number of aliphatic hydroxyl groups excluding tert-OH is 1. The third-order valence-corrected chi connectivity index (χ3v) is 2.55. The number of hydrogen-bond donors (Lipinski definition) is 2. The number of ether oxygens (including phenoxy) is 2. The van der Waals surface area contributed by atoms with Crippen LogP contribution >= 0.6 is 0 Å². The lowest BCUT2D eigenvalue weighted by molar-refractivity contribution is -0.120. The highest BCUT2D eigenvalue weighted by atomic mass is 16.7. The third kappa shape index (κ3) is 1.87. The first-order valence-corrected chi connectivity index (χ1v) is 4.93. The number of carbonyl (C=O) groups is 1. The monoisotopic (exact) mass is 223 g/mol. The molecule has 0 saturated heterocycles. The lowest BCUT2D eigenvalue weighted by atomic mass is 10.00. The van der Waals surface area contributed by atoms with Gasteiger partial charge < -0.3 is 20.3 Å². The average molecular weight is 223 g/mol. The van der Waals surface area contributed by atoms with Crippen LogP contribution < -0.4 is 15.2 Å². The molecule has 0 unspecified atom stereocenters. The Balaban J connectivity index is 2.24. The molecule has 1 aromatic carbocycles. The predicted molar refractivity (Wildman–Crippen MR) is 56.2 cm³/mol. The Hall–Kier alpha value is -1.59. The van der Waals surface area contributed by atoms with Crippen LogP contribution in [0.2, 0.25) is 0 Å². The van der Waals surface area contributed by atoms with Gasteiger partial charge >= 0.3 is 0 Å². The Morgan fingerprint density at radius 1 is 1.44 bits per heavy atom. The number of fused-ring (bicyclic) bond motifs is 1. The minimum absolute atomic E-state index is 0.174. The van der Waals surface area contributed by atoms with Crippen LogP contribution in [0.4, 0.5) is 0 Å². The van der Waals surface area contributed by atoms with E-state index in [0.717, 1.165) is 0 Å². The molecule has 0 fully saturated rings. The van der Waals surface area contributed by atoms with E-state index in [1.165, 1.54) is 6.92 Å². The SMILES string of the molecule is CC(=O)[C@@H](N)[C@H](O)c1ccc2c(c1)OCO2. The summed E-state index contributed by atoms with van der Waals surface area (Å²) < 4.78 is 10.3. The summed E-state index contributed by atoms with van der Waals surface area (Å²) in [6, 6.07) is 4.07. The number of Topliss-reactive ketones (excluding diaryl/α,β-unsaturated/α-hetero) is 1. The van der Waals surface area contributed by atoms with Crippen molar-refractivity contribution in [1.29, 1.82) is 0 Å². The summed E-state index contributed by atoms with van der Waals surface area (Å²) in [6.45, 7) is 1.52. The molecule has 1 aromatic rings. The van der Waals surface area contributed by atoms with Crippen molar-refractivity contribution in [2.24, 2.45) is 5.73 Å². The molecule has 5 heteroatoms. The summed E-state index contributed by atoms with van der Waals surface area (Å²) >= 11 is 0. The molecule has 0 aromatic heterocycles. The summed E-state index contributed by atoms with van der Waals surface area (Å²) in [5.41, 5.74) is 6.11. The van der Waals surface area contributed by atoms with Gasteiger partial charge in [0, 0.05) is 0 Å². The van der Waals surface area contributed by atoms with Gasteiger partial charge in [-0.2, -0.15) is 0 Å². The van der Waals surface area contributed by atoms with Crippen LogP contribution in [0.3, 0.4) is 0 Å². The highest BCUT2D eigenvalue weighted by Crippen LogP contribution is 2.34. The van der Waals surface area contributed by atoms with E-state index in [2.05, 4.69) is 0 Å². The number of carbonyl (C=O) groups excluding carboxylic acids is 1. The second-order valence-electron chi connectivity index (χ2n) is 3.69. The fourth-order valence-electron chi connectivity index (χ4n) is 1.53. The van der Waals surface area contributed by atoms with E-state index in [-0.39, 0.29) is 12.6 Å². The minimum atomic E-state index is -1.02. The first-order chi connectivity index (χ1) is 7.59. The first kappa shape index (κ1) is 10.9. The normalized spacial score (nSPS) is 16.9. The van der Waals surface area contributed by atoms with Gasteiger partial charge in [-0.05, 0) is 24.6 Å². The number of rotatable bonds is 3. The molecule has 1 aliphatic heterocycles. The standard InChI is InChI=1S/C11H13NO4/c1-6(13)10(12)11(14)7-2-3-8-9(4-7)16-5-15-8/h2-4,10-11,14H,5,12H2,1H3/t10-,11-/m1/s1. The van der Waals surface area contributed by atoms with Crippen molar-refractivity contribution in [1.82, 2.24) is 0 Å². The summed E-state index contributed by atoms with van der Waals surface area (Å²) in [7, 11) is 0. The van der Waals surface area contributed by atoms with Gasteiger partial charge in [-0.15, -0.1) is 0 Å². The summed E-state index contributed by atoms with van der Waals surface area (Å²) in [5, 5.41) is 9.85. The summed E-state index contributed by atoms with van der Waals surface area (Å²) in [4.78, 5) is 11.1. The smallest absolute Gasteiger partial charge is 0.231 e. The maximum Gasteiger partial charge on any atom is 0.231 e. The molecule has 0 saturated carbocycles. The number of aliphatic hydroxyl groups is 1. The second kappa shape index (κ2) is 4.11. The van der Waals surface area contributed by atoms with E-state index in [4.69, 9.17) is 15.2 Å². The molecule has 2 rings (SSSR count). The predicted octanol–water partition coefficient (Wildman–Crippen LogP) is 0.365. The van der Waals surface area contributed by atoms with Crippen molar-refractivity contribution in [3.05, 3.63) is 23.8 Å². The zero-order chi connectivity index (χ0) is 11.7. The zero-order valence-electron chi connectivity index (χ0n) is 8.84. The number of benzene rings is 1. The van der Waals surface area contributed by atoms with Gasteiger partial charge in [0.05, 0.1) is 6.04 Å². The van der Waals surface area contributed by atoms with Gasteiger partial charge in [-0.3, -0.25) is 4.79 Å². The molecule has 16 heavy (non-hydrogen) atoms. The topological polar surface area (TPSA) is 81.8 Å². The van der Waals surface area contributed by atoms with Gasteiger partial charge in [-0.1, -0.05) is 6.07 Å². The Morgan fingerprint density at radius 3 is 2.81 bits per heavy atom. The zero-order valence-corrected chi connectivity index (χ0v) is 8.84. The van der Waals surface area contributed by atoms with E-state index in [1.807, 2.05) is 0 Å². The van der Waals surface area contributed by atoms with E-state index in [1.54, 1.807) is 18.2 Å². The van der Waals surface area contributed by atoms with Crippen molar-refractivity contribution in [3.63, 3.8) is 0 Å². The Bertz CT molecular complexity index is 418. The number of nitrogens with two attached hydrogens (primary N) is 1. The van der Waals surface area contributed by atoms with Gasteiger partial charge in [0.2, 0.25) is 6.79 Å². The van der Waals surface area contributed by atoms with E-state index in [0.29, 0.717) is 17.1 Å². The fraction of sp³-hybridized carbons (Fsp3) is 0.364. The Morgan fingerprint density at radius 2 is 2.12 bits per heavy atom. The van der Waals surface area contributed by atoms with Crippen LogP contribution in [0.15, 0.2) is 18.2 Å². The third-order valence-electron chi connectivity index (χ3n) is 2.55. The lowest BCUT2D eigenvalue weighted by Crippen LogP contribution is -2.35. The van der Waals surface area contributed by atoms with Crippen molar-refractivity contribution < 1.29 is 19.4 Å². The molecule has 1 aliphatic rings. The molecule has 3 N–H and O–H groups in total. The van der Waals surface area contributed by atoms with Crippen LogP contribution in [0.5, 0.6) is 11.5 Å². The van der Waals surface area contributed by atoms with Crippen molar-refractivity contribution in [3.8, 4) is 11.5 Å². The maximum absolute atomic E-state index is 11.1. The highest BCUT2D eigenvalue weighted by Gasteiger charge is 2.23. The Kier molecular flexibility index (Phi) is 2.80. The lowest BCUT2D eigenvalue weighted by Gasteiger charge is -2.16. The van der Waals surface area contributed by atoms with Crippen molar-refractivity contribution in [2.45, 2.75) is 19.1 Å². The molecule has 86 valence electrons. The van der Waals surface area contributed by atoms with Gasteiger partial charge in [0.1, 0.15) is 11.9 Å². The average Bonchev–Trinajstić information content (AvgIpc) is 2.73. The van der Waals surface area contributed by atoms with Crippen molar-refractivity contribution in [2.75, 3.05) is 6.79 Å². The van der Waals surface area contributed by atoms with Crippen LogP contribution in [0.25, 0.3) is 0 Å². The number of hydrogen-bond acceptors (Lipinski definition) is 5. The first-order valence-electron chi connectivity index (χ1n) is 4.93. The van der Waals surface area contributed by atoms with Crippen LogP contribution in [-0.2, 0) is 4.79 Å². The van der Waals surface area contributed by atoms with Crippen molar-refractivity contribution >= 4 is 5.78 Å². The molecule has 2 atom stereocenters. The molecule has 0 radical (unpaired) electrons. The molecule has 0 aliphatic carbocycles. The van der Waals surface area contributed by atoms with Gasteiger partial charge in [-0.25, -0.2) is 0 Å². The summed E-state index contributed by atoms with van der Waals surface area (Å²) in [6.07, 6.45) is -1.02. The van der Waals surface area contributed by atoms with E-state index >= 15 is 0 Å². The quantitative estimate of drug-likeness (QED) is 0.773. The van der Waals surface area contributed by atoms with Crippen LogP contribution in [-0.4, -0.2) is 23.7 Å². The van der Waals surface area contributed by atoms with E-state index in [9.17, 15) is 9.90 Å². The summed E-state index contributed by atoms with van der Waals surface area (Å²) in [5.74, 6) is 0.935. The molecule has 0 bridgehead atoms. The van der Waals surface area contributed by atoms with Gasteiger partial charge in [0.15, 0.2) is 11.5 Å². The Labute approximate surface area is 92.8 Å². The molecular formula is C11H13NO4. The number of ketones is 1. The second-order valence-corrected chi connectivity index (χ2v) is 3.69. The molecule has 0 amide bonds. The molecule has 0 spiro atoms. The molecular weight excluding hydrogens is 210 g/mol. The highest BCUT2D eigenvalue weighted by molar-refractivity contribution is 5.82. The largest absolute Gasteiger partial charge is 0.454 e. The van der Waals surface area contributed by atoms with Crippen LogP contribution in [0, 0.1) is 0 Å². The van der Waals surface area contributed by atoms with Crippen LogP contribution in [0.1, 0.15) is 18.6 Å². The van der Waals surface area contributed by atoms with E-state index < -0.39 is 12.1 Å².